The number of esters is 2. The van der Waals surface area contributed by atoms with Crippen LogP contribution in [-0.2, 0) is 62.3 Å². The zero-order valence-electron chi connectivity index (χ0n) is 97.6. The number of carboxylic acid groups (broad SMARTS) is 2. The van der Waals surface area contributed by atoms with E-state index in [9.17, 15) is 38.7 Å². The fourth-order valence-corrected chi connectivity index (χ4v) is 24.2. The van der Waals surface area contributed by atoms with Gasteiger partial charge in [-0.05, 0) is 328 Å². The van der Waals surface area contributed by atoms with Crippen molar-refractivity contribution in [1.82, 2.24) is 64.1 Å². The monoisotopic (exact) mass is 2310 g/mol. The van der Waals surface area contributed by atoms with Gasteiger partial charge >= 0.3 is 23.9 Å². The summed E-state index contributed by atoms with van der Waals surface area (Å²) in [4.78, 5) is 112. The van der Waals surface area contributed by atoms with Crippen molar-refractivity contribution in [2.24, 2.45) is 38.9 Å². The van der Waals surface area contributed by atoms with Gasteiger partial charge < -0.3 is 45.6 Å². The van der Waals surface area contributed by atoms with Gasteiger partial charge in [-0.25, -0.2) is 0 Å². The second-order valence-corrected chi connectivity index (χ2v) is 55.1. The van der Waals surface area contributed by atoms with Crippen molar-refractivity contribution >= 4 is 111 Å². The number of piperazine rings is 4. The summed E-state index contributed by atoms with van der Waals surface area (Å²) in [6.07, 6.45) is 13.6. The number of aryl methyl sites for hydroxylation is 2. The Hall–Kier alpha value is -4.45. The standard InChI is InChI=1S/C20H32O2.C18H27Br2NO.C18H35N3O2.C17H25Br2NO.C16H31N3O2.2C14H27N3O2/c1-13-9-15(10-14(2)17(13)21)11-16(12-19(3,4)5)18(22)20(6,7)8;1-17(2,3)10-12(16(22)18(4,5)6)7-11-8-13(19)15(21)14(20)9-11;1-15(2)20-10-12-21(13-11-20)16-6-8-19(9-7-16)14-17(22)23-18(3,4)5;1-16(2,3)15(21)14(20-17(4,5)6)9-11-7-12(18)10-13(19)8-11;1-4-21-16(20)13-17-9-11-19(12-10-17)15-5-7-18(8-6-15)14(2)3;1-12(2)16-5-3-13(4-6-16)17-9-7-15(8-10-17)11-14(18)19;1-12(2)16-7-9-17(10-8-16)13-3-5-15(6-4-13)11-14(18)19/h9-10,16,21H,11-12H2,1-8H3;8-9,12H,7,10,21H2,1-6H3;15-16H,6-14H2,1-5H3;7-8,10,14,20H,9H2,1-6H3;14-15H,4-13H2,1-3H3;2*12-13H,3-11H2,1-2H3,(H,18,19). The Labute approximate surface area is 925 Å². The second kappa shape index (κ2) is 61.9. The maximum Gasteiger partial charge on any atom is 0.320 e. The molecule has 3 atom stereocenters. The van der Waals surface area contributed by atoms with Gasteiger partial charge in [0.2, 0.25) is 0 Å². The molecule has 30 heteroatoms. The molecule has 11 rings (SSSR count). The fraction of sp³-hybridized carbons (Fsp3) is 0.786. The second-order valence-electron chi connectivity index (χ2n) is 51.5. The lowest BCUT2D eigenvalue weighted by molar-refractivity contribution is -0.156. The number of piperidine rings is 4. The third-order valence-corrected chi connectivity index (χ3v) is 31.6. The van der Waals surface area contributed by atoms with Gasteiger partial charge in [-0.15, -0.1) is 0 Å². The number of carbonyl (C=O) groups excluding carboxylic acids is 5. The Bertz CT molecular complexity index is 4220. The van der Waals surface area contributed by atoms with Gasteiger partial charge in [0.25, 0.3) is 0 Å². The molecule has 8 fully saturated rings. The van der Waals surface area contributed by atoms with Gasteiger partial charge in [0.1, 0.15) is 22.9 Å². The van der Waals surface area contributed by atoms with Crippen LogP contribution in [0.25, 0.3) is 0 Å². The summed E-state index contributed by atoms with van der Waals surface area (Å²) in [6.45, 7) is 94.9. The van der Waals surface area contributed by atoms with E-state index < -0.39 is 11.9 Å². The molecular weight excluding hydrogens is 2110 g/mol. The van der Waals surface area contributed by atoms with Crippen LogP contribution in [0.1, 0.15) is 300 Å². The van der Waals surface area contributed by atoms with Crippen molar-refractivity contribution in [2.45, 2.75) is 371 Å². The van der Waals surface area contributed by atoms with Gasteiger partial charge in [-0.2, -0.15) is 0 Å². The number of nitrogens with one attached hydrogen (secondary N) is 1. The SMILES string of the molecule is CC(C)(C)CC(Cc1cc(Br)c(N)c(Br)c1)C(=O)C(C)(C)C.CC(C)(C)NC(Cc1cc(Br)cc(Br)c1)C(=O)C(C)(C)C.CC(C)N1CCC(N2CCN(CC(=O)O)CC2)CC1.CC(C)N1CCN(C2CCN(CC(=O)O)CC2)CC1.CC(C)N1CCN(C2CCN(CC(=O)OC(C)(C)C)CC2)CC1.CCOC(=O)CN1CCN(C2CCN(C(C)C)CC2)CC1.Cc1cc(CC(CC(C)(C)C)C(=O)C(C)(C)C)cc(C)c1O. The molecule has 0 aromatic heterocycles. The molecule has 147 heavy (non-hydrogen) atoms. The number of benzene rings is 3. The number of halogens is 4. The molecule has 3 aromatic carbocycles. The number of carbonyl (C=O) groups is 7. The Balaban J connectivity index is 0.000000302. The van der Waals surface area contributed by atoms with Gasteiger partial charge in [0.15, 0.2) is 5.78 Å². The molecule has 0 saturated carbocycles. The number of nitrogens with two attached hydrogens (primary N) is 1. The topological polar surface area (TPSA) is 276 Å². The predicted octanol–water partition coefficient (Wildman–Crippen LogP) is 20.3. The molecule has 0 amide bonds. The van der Waals surface area contributed by atoms with E-state index in [4.69, 9.17) is 25.4 Å². The van der Waals surface area contributed by atoms with Crippen LogP contribution in [-0.4, -0.2) is 371 Å². The largest absolute Gasteiger partial charge is 0.507 e. The molecule has 842 valence electrons. The van der Waals surface area contributed by atoms with Gasteiger partial charge in [0.05, 0.1) is 44.5 Å². The lowest BCUT2D eigenvalue weighted by Crippen LogP contribution is -2.54. The third kappa shape index (κ3) is 51.0. The van der Waals surface area contributed by atoms with Crippen molar-refractivity contribution < 1.29 is 58.4 Å². The number of aromatic hydroxyl groups is 1. The van der Waals surface area contributed by atoms with Crippen LogP contribution in [0.5, 0.6) is 5.75 Å². The summed E-state index contributed by atoms with van der Waals surface area (Å²) in [5.41, 5.74) is 10.6. The number of ether oxygens (including phenoxy) is 2. The summed E-state index contributed by atoms with van der Waals surface area (Å²) in [7, 11) is 0. The van der Waals surface area contributed by atoms with Gasteiger partial charge in [-0.1, -0.05) is 148 Å². The maximum absolute atomic E-state index is 12.8. The average molecular weight is 2320 g/mol. The number of Topliss-reactive ketones (excluding diaryl/α,β-unsaturated/α-hetero) is 3. The van der Waals surface area contributed by atoms with E-state index >= 15 is 0 Å². The minimum Gasteiger partial charge on any atom is -0.507 e. The number of nitrogens with zero attached hydrogens (tertiary/aromatic N) is 12. The van der Waals surface area contributed by atoms with Crippen molar-refractivity contribution in [3.05, 3.63) is 88.2 Å². The van der Waals surface area contributed by atoms with E-state index in [0.717, 1.165) is 169 Å². The summed E-state index contributed by atoms with van der Waals surface area (Å²) < 4.78 is 14.2. The number of phenols is 1. The van der Waals surface area contributed by atoms with Crippen molar-refractivity contribution in [3.63, 3.8) is 0 Å². The molecule has 3 aromatic rings. The van der Waals surface area contributed by atoms with E-state index in [1.54, 1.807) is 0 Å². The van der Waals surface area contributed by atoms with E-state index in [1.165, 1.54) is 117 Å². The fourth-order valence-electron chi connectivity index (χ4n) is 21.5. The Kier molecular flexibility index (Phi) is 56.0. The lowest BCUT2D eigenvalue weighted by Gasteiger charge is -2.43. The minimum absolute atomic E-state index is 0.0161. The van der Waals surface area contributed by atoms with Gasteiger partial charge in [-0.3, -0.25) is 82.6 Å². The number of aliphatic carboxylic acids is 2. The molecule has 8 saturated heterocycles. The Morgan fingerprint density at radius 2 is 0.653 bits per heavy atom. The smallest absolute Gasteiger partial charge is 0.320 e. The summed E-state index contributed by atoms with van der Waals surface area (Å²) >= 11 is 14.0. The number of anilines is 1. The van der Waals surface area contributed by atoms with Crippen molar-refractivity contribution in [3.8, 4) is 5.75 Å². The first kappa shape index (κ1) is 133. The average Bonchev–Trinajstić information content (AvgIpc) is 0.815. The van der Waals surface area contributed by atoms with E-state index in [-0.39, 0.29) is 86.9 Å². The first-order valence-corrected chi connectivity index (χ1v) is 58.6. The molecule has 8 aliphatic heterocycles. The molecule has 6 N–H and O–H groups in total. The number of nitrogen functional groups attached to an aromatic ring is 1. The van der Waals surface area contributed by atoms with Crippen LogP contribution < -0.4 is 11.1 Å². The van der Waals surface area contributed by atoms with Crippen molar-refractivity contribution in [2.75, 3.05) is 196 Å². The molecule has 0 bridgehead atoms. The number of hydrogen-bond acceptors (Lipinski definition) is 24. The number of rotatable bonds is 29. The van der Waals surface area contributed by atoms with Crippen LogP contribution in [0.3, 0.4) is 0 Å². The first-order chi connectivity index (χ1) is 68.0. The molecule has 0 spiro atoms. The van der Waals surface area contributed by atoms with Crippen LogP contribution in [0.15, 0.2) is 60.4 Å². The molecule has 0 radical (unpaired) electrons. The van der Waals surface area contributed by atoms with Crippen LogP contribution in [0.4, 0.5) is 5.69 Å². The van der Waals surface area contributed by atoms with Crippen molar-refractivity contribution in [1.29, 1.82) is 0 Å². The summed E-state index contributed by atoms with van der Waals surface area (Å²) in [6, 6.07) is 19.5. The maximum atomic E-state index is 12.8. The summed E-state index contributed by atoms with van der Waals surface area (Å²) in [5, 5.41) is 31.0. The van der Waals surface area contributed by atoms with E-state index in [1.807, 2.05) is 139 Å². The zero-order valence-corrected chi connectivity index (χ0v) is 104. The minimum atomic E-state index is -0.710. The lowest BCUT2D eigenvalue weighted by atomic mass is 9.73. The number of ketones is 3. The first-order valence-electron chi connectivity index (χ1n) is 55.5. The van der Waals surface area contributed by atoms with E-state index in [0.29, 0.717) is 91.4 Å². The normalized spacial score (nSPS) is 19.7. The van der Waals surface area contributed by atoms with Gasteiger partial charge in [0, 0.05) is 231 Å². The molecule has 3 unspecified atom stereocenters. The molecule has 8 heterocycles. The highest BCUT2D eigenvalue weighted by Gasteiger charge is 2.40. The Morgan fingerprint density at radius 1 is 0.374 bits per heavy atom. The third-order valence-electron chi connectivity index (χ3n) is 29.4. The number of carboxylic acids is 2. The van der Waals surface area contributed by atoms with Crippen LogP contribution >= 0.6 is 63.7 Å². The molecular formula is C117H204Br4N14O12. The molecule has 8 aliphatic rings. The molecule has 0 aliphatic carbocycles. The number of phenolic OH excluding ortho intramolecular Hbond substituents is 1. The van der Waals surface area contributed by atoms with E-state index in [2.05, 4.69) is 253 Å². The highest BCUT2D eigenvalue weighted by atomic mass is 79.9. The quantitative estimate of drug-likeness (QED) is 0.0319. The molecule has 26 nitrogen and oxygen atoms in total. The highest BCUT2D eigenvalue weighted by molar-refractivity contribution is 9.11. The highest BCUT2D eigenvalue weighted by Crippen LogP contribution is 2.39. The zero-order chi connectivity index (χ0) is 111. The number of likely N-dealkylation sites (tertiary alicyclic amines) is 4. The predicted molar refractivity (Wildman–Crippen MR) is 621 cm³/mol. The number of hydrogen-bond donors (Lipinski definition) is 5. The Morgan fingerprint density at radius 3 is 0.946 bits per heavy atom. The summed E-state index contributed by atoms with van der Waals surface area (Å²) in [5.74, 6) is -0.310. The van der Waals surface area contributed by atoms with Crippen LogP contribution in [0.2, 0.25) is 0 Å². The van der Waals surface area contributed by atoms with Crippen LogP contribution in [0, 0.1) is 52.8 Å².